The van der Waals surface area contributed by atoms with Crippen LogP contribution in [0.4, 0.5) is 0 Å². The Morgan fingerprint density at radius 1 is 1.06 bits per heavy atom. The zero-order chi connectivity index (χ0) is 12.1. The molecule has 2 rings (SSSR count). The molecule has 2 aromatic rings. The van der Waals surface area contributed by atoms with Gasteiger partial charge in [-0.3, -0.25) is 0 Å². The third-order valence-corrected chi connectivity index (χ3v) is 3.18. The predicted octanol–water partition coefficient (Wildman–Crippen LogP) is 4.25. The minimum Gasteiger partial charge on any atom is -0.493 e. The number of fused-ring (bicyclic) bond motifs is 1. The van der Waals surface area contributed by atoms with Crippen LogP contribution in [-0.4, -0.2) is 14.2 Å². The fourth-order valence-electron chi connectivity index (χ4n) is 1.56. The molecule has 0 aliphatic carbocycles. The van der Waals surface area contributed by atoms with E-state index in [0.717, 1.165) is 16.9 Å². The van der Waals surface area contributed by atoms with Gasteiger partial charge >= 0.3 is 0 Å². The quantitative estimate of drug-likeness (QED) is 0.778. The molecule has 0 spiro atoms. The molecule has 2 nitrogen and oxygen atoms in total. The number of thiophene rings is 1. The maximum absolute atomic E-state index is 5.34. The Morgan fingerprint density at radius 2 is 1.75 bits per heavy atom. The first-order valence-corrected chi connectivity index (χ1v) is 6.19. The summed E-state index contributed by atoms with van der Waals surface area (Å²) in [5, 5.41) is 1.13. The molecule has 0 N–H and O–H groups in total. The molecule has 0 atom stereocenters. The van der Waals surface area contributed by atoms with Gasteiger partial charge in [-0.25, -0.2) is 0 Å². The number of ether oxygens (including phenoxy) is 2. The highest BCUT2D eigenvalue weighted by Gasteiger charge is 2.10. The Morgan fingerprint density at radius 3 is 2.31 bits per heavy atom. The summed E-state index contributed by atoms with van der Waals surface area (Å²) >= 11 is 1.77. The summed E-state index contributed by atoms with van der Waals surface area (Å²) in [6, 6.07) is 6.13. The Labute approximate surface area is 101 Å². The lowest BCUT2D eigenvalue weighted by Gasteiger charge is -2.07. The van der Waals surface area contributed by atoms with Crippen molar-refractivity contribution >= 4 is 21.4 Å². The van der Waals surface area contributed by atoms with Crippen LogP contribution < -0.4 is 9.47 Å². The number of hydrogen-bond donors (Lipinski definition) is 0. The lowest BCUT2D eigenvalue weighted by Crippen LogP contribution is -1.89. The largest absolute Gasteiger partial charge is 0.493 e. The van der Waals surface area contributed by atoms with Gasteiger partial charge in [-0.1, -0.05) is 13.8 Å². The monoisotopic (exact) mass is 238 g/mol. The summed E-state index contributed by atoms with van der Waals surface area (Å²) in [6.45, 7) is 6.09. The van der Waals surface area contributed by atoms with Gasteiger partial charge in [0, 0.05) is 15.0 Å². The zero-order valence-electron chi connectivity index (χ0n) is 10.5. The van der Waals surface area contributed by atoms with Crippen LogP contribution in [0.3, 0.4) is 0 Å². The molecule has 0 unspecified atom stereocenters. The molecule has 0 fully saturated rings. The van der Waals surface area contributed by atoms with Gasteiger partial charge in [-0.05, 0) is 25.1 Å². The number of methoxy groups -OCH3 is 2. The molecular weight excluding hydrogens is 220 g/mol. The summed E-state index contributed by atoms with van der Waals surface area (Å²) in [7, 11) is 3.33. The Bertz CT molecular complexity index is 460. The van der Waals surface area contributed by atoms with Crippen LogP contribution >= 0.6 is 11.3 Å². The van der Waals surface area contributed by atoms with E-state index in [1.807, 2.05) is 19.9 Å². The molecule has 1 aromatic heterocycles. The van der Waals surface area contributed by atoms with E-state index in [4.69, 9.17) is 9.47 Å². The maximum Gasteiger partial charge on any atom is 0.169 e. The first-order valence-electron chi connectivity index (χ1n) is 5.37. The van der Waals surface area contributed by atoms with Crippen molar-refractivity contribution in [2.45, 2.75) is 20.8 Å². The molecule has 0 amide bonds. The second-order valence-electron chi connectivity index (χ2n) is 3.07. The minimum atomic E-state index is 0.790. The van der Waals surface area contributed by atoms with Crippen LogP contribution in [0, 0.1) is 6.92 Å². The van der Waals surface area contributed by atoms with Crippen molar-refractivity contribution in [3.8, 4) is 11.5 Å². The zero-order valence-corrected chi connectivity index (χ0v) is 11.3. The maximum atomic E-state index is 5.34. The van der Waals surface area contributed by atoms with Crippen molar-refractivity contribution in [1.29, 1.82) is 0 Å². The lowest BCUT2D eigenvalue weighted by molar-refractivity contribution is 0.358. The van der Waals surface area contributed by atoms with Crippen molar-refractivity contribution in [2.24, 2.45) is 0 Å². The topological polar surface area (TPSA) is 18.5 Å². The molecule has 0 saturated carbocycles. The summed E-state index contributed by atoms with van der Waals surface area (Å²) in [5.74, 6) is 1.62. The fourth-order valence-corrected chi connectivity index (χ4v) is 2.49. The molecule has 0 aliphatic heterocycles. The minimum absolute atomic E-state index is 0.790. The van der Waals surface area contributed by atoms with Crippen LogP contribution in [0.2, 0.25) is 0 Å². The van der Waals surface area contributed by atoms with Gasteiger partial charge in [-0.2, -0.15) is 0 Å². The third-order valence-electron chi connectivity index (χ3n) is 2.16. The van der Waals surface area contributed by atoms with E-state index in [0.29, 0.717) is 0 Å². The first-order chi connectivity index (χ1) is 7.76. The predicted molar refractivity (Wildman–Crippen MR) is 71.0 cm³/mol. The van der Waals surface area contributed by atoms with Gasteiger partial charge < -0.3 is 9.47 Å². The highest BCUT2D eigenvalue weighted by atomic mass is 32.1. The average molecular weight is 238 g/mol. The Hall–Kier alpha value is -1.22. The highest BCUT2D eigenvalue weighted by Crippen LogP contribution is 2.39. The van der Waals surface area contributed by atoms with Gasteiger partial charge in [0.15, 0.2) is 11.5 Å². The second-order valence-corrected chi connectivity index (χ2v) is 4.36. The summed E-state index contributed by atoms with van der Waals surface area (Å²) in [4.78, 5) is 1.28. The standard InChI is InChI=1S/C11H12O2S.C2H6/c1-7-6-8-10(14-7)5-4-9(12-2)11(8)13-3;1-2/h4-6H,1-3H3;1-2H3. The van der Waals surface area contributed by atoms with Crippen LogP contribution in [0.25, 0.3) is 10.1 Å². The van der Waals surface area contributed by atoms with Gasteiger partial charge in [0.1, 0.15) is 0 Å². The average Bonchev–Trinajstić information content (AvgIpc) is 2.70. The molecule has 3 heteroatoms. The van der Waals surface area contributed by atoms with Crippen molar-refractivity contribution in [1.82, 2.24) is 0 Å². The molecule has 0 bridgehead atoms. The molecule has 16 heavy (non-hydrogen) atoms. The molecule has 0 saturated heterocycles. The summed E-state index contributed by atoms with van der Waals surface area (Å²) in [5.41, 5.74) is 0. The molecule has 1 heterocycles. The van der Waals surface area contributed by atoms with E-state index in [9.17, 15) is 0 Å². The van der Waals surface area contributed by atoms with Gasteiger partial charge in [0.2, 0.25) is 0 Å². The van der Waals surface area contributed by atoms with E-state index in [-0.39, 0.29) is 0 Å². The fraction of sp³-hybridized carbons (Fsp3) is 0.385. The SMILES string of the molecule is CC.COc1ccc2sc(C)cc2c1OC. The van der Waals surface area contributed by atoms with E-state index in [1.54, 1.807) is 25.6 Å². The van der Waals surface area contributed by atoms with Crippen LogP contribution in [0.1, 0.15) is 18.7 Å². The number of benzene rings is 1. The van der Waals surface area contributed by atoms with Crippen molar-refractivity contribution in [3.05, 3.63) is 23.1 Å². The smallest absolute Gasteiger partial charge is 0.169 e. The first kappa shape index (κ1) is 12.8. The van der Waals surface area contributed by atoms with Gasteiger partial charge in [-0.15, -0.1) is 11.3 Å². The van der Waals surface area contributed by atoms with Crippen LogP contribution in [-0.2, 0) is 0 Å². The molecular formula is C13H18O2S. The Kier molecular flexibility index (Phi) is 4.62. The van der Waals surface area contributed by atoms with Crippen molar-refractivity contribution < 1.29 is 9.47 Å². The molecule has 1 aromatic carbocycles. The second kappa shape index (κ2) is 5.75. The van der Waals surface area contributed by atoms with Gasteiger partial charge in [0.05, 0.1) is 14.2 Å². The van der Waals surface area contributed by atoms with E-state index >= 15 is 0 Å². The van der Waals surface area contributed by atoms with Crippen molar-refractivity contribution in [3.63, 3.8) is 0 Å². The number of rotatable bonds is 2. The number of hydrogen-bond acceptors (Lipinski definition) is 3. The van der Waals surface area contributed by atoms with Crippen molar-refractivity contribution in [2.75, 3.05) is 14.2 Å². The lowest BCUT2D eigenvalue weighted by atomic mass is 10.2. The normalized spacial score (nSPS) is 9.56. The molecule has 88 valence electrons. The van der Waals surface area contributed by atoms with Gasteiger partial charge in [0.25, 0.3) is 0 Å². The summed E-state index contributed by atoms with van der Waals surface area (Å²) < 4.78 is 11.8. The third kappa shape index (κ3) is 2.30. The molecule has 0 aliphatic rings. The van der Waals surface area contributed by atoms with Crippen LogP contribution in [0.5, 0.6) is 11.5 Å². The summed E-state index contributed by atoms with van der Waals surface area (Å²) in [6.07, 6.45) is 0. The van der Waals surface area contributed by atoms with Crippen LogP contribution in [0.15, 0.2) is 18.2 Å². The Balaban J connectivity index is 0.000000606. The van der Waals surface area contributed by atoms with E-state index in [1.165, 1.54) is 9.58 Å². The number of aryl methyl sites for hydroxylation is 1. The van der Waals surface area contributed by atoms with E-state index < -0.39 is 0 Å². The molecule has 0 radical (unpaired) electrons. The van der Waals surface area contributed by atoms with E-state index in [2.05, 4.69) is 19.1 Å². The highest BCUT2D eigenvalue weighted by molar-refractivity contribution is 7.19.